The van der Waals surface area contributed by atoms with Crippen LogP contribution in [0.15, 0.2) is 30.3 Å². The van der Waals surface area contributed by atoms with Gasteiger partial charge >= 0.3 is 11.8 Å². The molecule has 0 aromatic heterocycles. The van der Waals surface area contributed by atoms with Crippen molar-refractivity contribution in [3.8, 4) is 0 Å². The van der Waals surface area contributed by atoms with Gasteiger partial charge in [-0.15, -0.1) is 0 Å². The minimum Gasteiger partial charge on any atom is -0.388 e. The van der Waals surface area contributed by atoms with Crippen molar-refractivity contribution < 1.29 is 14.7 Å². The Kier molecular flexibility index (Phi) is 4.16. The van der Waals surface area contributed by atoms with Crippen LogP contribution in [0.4, 0.5) is 5.69 Å². The topological polar surface area (TPSA) is 78.4 Å². The monoisotopic (exact) mass is 262 g/mol. The first-order valence-electron chi connectivity index (χ1n) is 6.46. The second-order valence-electron chi connectivity index (χ2n) is 4.93. The number of hydrogen-bond acceptors (Lipinski definition) is 3. The zero-order valence-corrected chi connectivity index (χ0v) is 10.7. The normalized spacial score (nSPS) is 16.9. The predicted octanol–water partition coefficient (Wildman–Crippen LogP) is 1.05. The summed E-state index contributed by atoms with van der Waals surface area (Å²) in [4.78, 5) is 23.2. The average molecular weight is 262 g/mol. The summed E-state index contributed by atoms with van der Waals surface area (Å²) in [6, 6.07) is 8.78. The van der Waals surface area contributed by atoms with Crippen molar-refractivity contribution in [1.29, 1.82) is 0 Å². The quantitative estimate of drug-likeness (QED) is 0.712. The molecule has 1 fully saturated rings. The molecule has 3 N–H and O–H groups in total. The van der Waals surface area contributed by atoms with Crippen molar-refractivity contribution in [3.05, 3.63) is 30.3 Å². The molecule has 0 radical (unpaired) electrons. The molecule has 0 spiro atoms. The SMILES string of the molecule is O=C(NCC1(O)CCCC1)C(=O)Nc1ccccc1. The number of amides is 2. The van der Waals surface area contributed by atoms with Gasteiger partial charge in [-0.1, -0.05) is 31.0 Å². The Balaban J connectivity index is 1.81. The molecule has 0 heterocycles. The minimum absolute atomic E-state index is 0.133. The van der Waals surface area contributed by atoms with Gasteiger partial charge in [-0.05, 0) is 25.0 Å². The van der Waals surface area contributed by atoms with Crippen LogP contribution in [0.1, 0.15) is 25.7 Å². The predicted molar refractivity (Wildman–Crippen MR) is 71.5 cm³/mol. The summed E-state index contributed by atoms with van der Waals surface area (Å²) < 4.78 is 0. The molecule has 1 aliphatic carbocycles. The van der Waals surface area contributed by atoms with Gasteiger partial charge in [0, 0.05) is 12.2 Å². The van der Waals surface area contributed by atoms with Crippen LogP contribution in [-0.4, -0.2) is 29.1 Å². The minimum atomic E-state index is -0.845. The molecule has 2 rings (SSSR count). The van der Waals surface area contributed by atoms with Crippen LogP contribution >= 0.6 is 0 Å². The molecule has 5 nitrogen and oxygen atoms in total. The Hall–Kier alpha value is -1.88. The van der Waals surface area contributed by atoms with E-state index in [2.05, 4.69) is 10.6 Å². The van der Waals surface area contributed by atoms with Gasteiger partial charge in [0.05, 0.1) is 5.60 Å². The van der Waals surface area contributed by atoms with E-state index in [0.29, 0.717) is 18.5 Å². The summed E-state index contributed by atoms with van der Waals surface area (Å²) in [5.41, 5.74) is -0.273. The van der Waals surface area contributed by atoms with Gasteiger partial charge in [0.25, 0.3) is 0 Å². The molecule has 0 unspecified atom stereocenters. The van der Waals surface area contributed by atoms with Gasteiger partial charge in [-0.3, -0.25) is 9.59 Å². The summed E-state index contributed by atoms with van der Waals surface area (Å²) in [5.74, 6) is -1.43. The van der Waals surface area contributed by atoms with Crippen molar-refractivity contribution in [2.24, 2.45) is 0 Å². The molecule has 5 heteroatoms. The summed E-state index contributed by atoms with van der Waals surface area (Å²) in [6.07, 6.45) is 3.27. The Morgan fingerprint density at radius 1 is 1.11 bits per heavy atom. The van der Waals surface area contributed by atoms with Crippen molar-refractivity contribution >= 4 is 17.5 Å². The standard InChI is InChI=1S/C14H18N2O3/c17-12(15-10-14(19)8-4-5-9-14)13(18)16-11-6-2-1-3-7-11/h1-3,6-7,19H,4-5,8-10H2,(H,15,17)(H,16,18). The number of aliphatic hydroxyl groups is 1. The van der Waals surface area contributed by atoms with Crippen molar-refractivity contribution in [1.82, 2.24) is 5.32 Å². The van der Waals surface area contributed by atoms with E-state index < -0.39 is 17.4 Å². The zero-order valence-electron chi connectivity index (χ0n) is 10.7. The van der Waals surface area contributed by atoms with E-state index >= 15 is 0 Å². The highest BCUT2D eigenvalue weighted by Crippen LogP contribution is 2.28. The van der Waals surface area contributed by atoms with Crippen LogP contribution in [0.25, 0.3) is 0 Å². The fourth-order valence-electron chi connectivity index (χ4n) is 2.24. The molecular weight excluding hydrogens is 244 g/mol. The summed E-state index contributed by atoms with van der Waals surface area (Å²) >= 11 is 0. The molecule has 0 saturated heterocycles. The smallest absolute Gasteiger partial charge is 0.313 e. The Morgan fingerprint density at radius 2 is 1.74 bits per heavy atom. The summed E-state index contributed by atoms with van der Waals surface area (Å²) in [5, 5.41) is 15.0. The maximum atomic E-state index is 11.6. The number of para-hydroxylation sites is 1. The highest BCUT2D eigenvalue weighted by atomic mass is 16.3. The number of benzene rings is 1. The number of anilines is 1. The van der Waals surface area contributed by atoms with Crippen LogP contribution < -0.4 is 10.6 Å². The maximum Gasteiger partial charge on any atom is 0.313 e. The third-order valence-corrected chi connectivity index (χ3v) is 3.35. The molecule has 1 aliphatic rings. The number of hydrogen-bond donors (Lipinski definition) is 3. The highest BCUT2D eigenvalue weighted by molar-refractivity contribution is 6.39. The zero-order chi connectivity index (χ0) is 13.7. The van der Waals surface area contributed by atoms with E-state index in [4.69, 9.17) is 0 Å². The largest absolute Gasteiger partial charge is 0.388 e. The number of rotatable bonds is 3. The van der Waals surface area contributed by atoms with Gasteiger partial charge in [0.1, 0.15) is 0 Å². The van der Waals surface area contributed by atoms with E-state index in [1.165, 1.54) is 0 Å². The first-order chi connectivity index (χ1) is 9.09. The van der Waals surface area contributed by atoms with E-state index in [-0.39, 0.29) is 6.54 Å². The van der Waals surface area contributed by atoms with Gasteiger partial charge < -0.3 is 15.7 Å². The van der Waals surface area contributed by atoms with Crippen LogP contribution in [0.3, 0.4) is 0 Å². The Labute approximate surface area is 112 Å². The Bertz CT molecular complexity index is 453. The molecule has 19 heavy (non-hydrogen) atoms. The first kappa shape index (κ1) is 13.5. The summed E-state index contributed by atoms with van der Waals surface area (Å²) in [6.45, 7) is 0.133. The fourth-order valence-corrected chi connectivity index (χ4v) is 2.24. The van der Waals surface area contributed by atoms with Crippen LogP contribution in [-0.2, 0) is 9.59 Å². The van der Waals surface area contributed by atoms with Crippen molar-refractivity contribution in [3.63, 3.8) is 0 Å². The molecule has 1 aromatic rings. The number of nitrogens with one attached hydrogen (secondary N) is 2. The molecule has 0 bridgehead atoms. The Morgan fingerprint density at radius 3 is 2.37 bits per heavy atom. The maximum absolute atomic E-state index is 11.6. The molecule has 1 saturated carbocycles. The lowest BCUT2D eigenvalue weighted by atomic mass is 10.0. The van der Waals surface area contributed by atoms with Gasteiger partial charge in [0.15, 0.2) is 0 Å². The van der Waals surface area contributed by atoms with E-state index in [1.807, 2.05) is 6.07 Å². The third-order valence-electron chi connectivity index (χ3n) is 3.35. The van der Waals surface area contributed by atoms with Crippen molar-refractivity contribution in [2.75, 3.05) is 11.9 Å². The van der Waals surface area contributed by atoms with E-state index in [9.17, 15) is 14.7 Å². The van der Waals surface area contributed by atoms with Gasteiger partial charge in [-0.25, -0.2) is 0 Å². The molecule has 102 valence electrons. The third kappa shape index (κ3) is 3.79. The van der Waals surface area contributed by atoms with E-state index in [0.717, 1.165) is 12.8 Å². The van der Waals surface area contributed by atoms with Crippen molar-refractivity contribution in [2.45, 2.75) is 31.3 Å². The van der Waals surface area contributed by atoms with Gasteiger partial charge in [-0.2, -0.15) is 0 Å². The first-order valence-corrected chi connectivity index (χ1v) is 6.46. The van der Waals surface area contributed by atoms with Gasteiger partial charge in [0.2, 0.25) is 0 Å². The van der Waals surface area contributed by atoms with E-state index in [1.54, 1.807) is 24.3 Å². The lowest BCUT2D eigenvalue weighted by Gasteiger charge is -2.21. The molecule has 0 aliphatic heterocycles. The molecule has 0 atom stereocenters. The second kappa shape index (κ2) is 5.84. The number of carbonyl (C=O) groups excluding carboxylic acids is 2. The second-order valence-corrected chi connectivity index (χ2v) is 4.93. The average Bonchev–Trinajstić information content (AvgIpc) is 2.84. The van der Waals surface area contributed by atoms with Crippen LogP contribution in [0.2, 0.25) is 0 Å². The summed E-state index contributed by atoms with van der Waals surface area (Å²) in [7, 11) is 0. The number of carbonyl (C=O) groups is 2. The molecule has 1 aromatic carbocycles. The molecular formula is C14H18N2O3. The lowest BCUT2D eigenvalue weighted by molar-refractivity contribution is -0.136. The fraction of sp³-hybridized carbons (Fsp3) is 0.429. The van der Waals surface area contributed by atoms with Crippen LogP contribution in [0.5, 0.6) is 0 Å². The van der Waals surface area contributed by atoms with Crippen LogP contribution in [0, 0.1) is 0 Å². The lowest BCUT2D eigenvalue weighted by Crippen LogP contribution is -2.44. The molecule has 2 amide bonds. The highest BCUT2D eigenvalue weighted by Gasteiger charge is 2.31.